The average molecular weight is 747 g/mol. The van der Waals surface area contributed by atoms with Crippen molar-refractivity contribution in [3.8, 4) is 5.75 Å². The molecular weight excluding hydrogens is 705 g/mol. The molecule has 49 heavy (non-hydrogen) atoms. The Morgan fingerprint density at radius 2 is 1.49 bits per heavy atom. The van der Waals surface area contributed by atoms with Gasteiger partial charge in [-0.3, -0.25) is 14.7 Å². The van der Waals surface area contributed by atoms with Gasteiger partial charge in [0.05, 0.1) is 22.1 Å². The molecule has 8 nitrogen and oxygen atoms in total. The highest BCUT2D eigenvalue weighted by Crippen LogP contribution is 2.54. The summed E-state index contributed by atoms with van der Waals surface area (Å²) >= 11 is 19.2. The number of benzene rings is 3. The lowest BCUT2D eigenvalue weighted by atomic mass is 9.71. The Kier molecular flexibility index (Phi) is 11.1. The standard InChI is InChI=1S/C37H42Cl3N3O5S/c1-6-8-29(44)21-24-17-19-42(20-18-24)35(45)43-34(30-22-33(49(5,46)47)31(40)23-32(30)48-7-2)41-36(3,25-9-13-27(38)14-10-25)37(43,4)26-11-15-28(39)16-12-26/h9-16,22-24H,6-8,17-21H2,1-5H3/t36-,37+/m0/s1. The van der Waals surface area contributed by atoms with E-state index in [1.54, 1.807) is 34.1 Å². The van der Waals surface area contributed by atoms with E-state index in [0.717, 1.165) is 23.8 Å². The fourth-order valence-corrected chi connectivity index (χ4v) is 8.58. The monoisotopic (exact) mass is 745 g/mol. The van der Waals surface area contributed by atoms with Gasteiger partial charge in [0.2, 0.25) is 0 Å². The van der Waals surface area contributed by atoms with E-state index in [0.29, 0.717) is 60.1 Å². The summed E-state index contributed by atoms with van der Waals surface area (Å²) in [5.74, 6) is 0.992. The third kappa shape index (κ3) is 7.23. The highest BCUT2D eigenvalue weighted by atomic mass is 35.5. The number of ketones is 1. The summed E-state index contributed by atoms with van der Waals surface area (Å²) in [6, 6.07) is 17.3. The van der Waals surface area contributed by atoms with E-state index in [-0.39, 0.29) is 40.1 Å². The molecule has 2 amide bonds. The summed E-state index contributed by atoms with van der Waals surface area (Å²) in [6.45, 7) is 8.90. The number of halogens is 3. The number of urea groups is 1. The maximum absolute atomic E-state index is 15.1. The zero-order chi connectivity index (χ0) is 35.7. The van der Waals surface area contributed by atoms with Crippen LogP contribution >= 0.6 is 34.8 Å². The minimum absolute atomic E-state index is 0.00629. The first-order valence-electron chi connectivity index (χ1n) is 16.5. The minimum Gasteiger partial charge on any atom is -0.493 e. The van der Waals surface area contributed by atoms with Crippen molar-refractivity contribution in [1.29, 1.82) is 0 Å². The third-order valence-electron chi connectivity index (χ3n) is 9.84. The number of Topliss-reactive ketones (excluding diaryl/α,β-unsaturated/α-hetero) is 1. The minimum atomic E-state index is -3.78. The van der Waals surface area contributed by atoms with Gasteiger partial charge in [-0.25, -0.2) is 13.2 Å². The average Bonchev–Trinajstić information content (AvgIpc) is 3.29. The van der Waals surface area contributed by atoms with Gasteiger partial charge in [-0.1, -0.05) is 66.0 Å². The number of likely N-dealkylation sites (tertiary alicyclic amines) is 1. The second-order valence-corrected chi connectivity index (χ2v) is 16.4. The highest BCUT2D eigenvalue weighted by molar-refractivity contribution is 7.90. The SMILES string of the molecule is CCCC(=O)CC1CCN(C(=O)N2C(c3cc(S(C)(=O)=O)c(Cl)cc3OCC)=N[C@@](C)(c3ccc(Cl)cc3)[C@@]2(C)c2ccc(Cl)cc2)CC1. The van der Waals surface area contributed by atoms with Crippen molar-refractivity contribution < 1.29 is 22.7 Å². The summed E-state index contributed by atoms with van der Waals surface area (Å²) in [6.07, 6.45) is 4.36. The van der Waals surface area contributed by atoms with Crippen molar-refractivity contribution >= 4 is 62.3 Å². The third-order valence-corrected chi connectivity index (χ3v) is 11.9. The topological polar surface area (TPSA) is 96.4 Å². The van der Waals surface area contributed by atoms with Crippen molar-refractivity contribution in [2.45, 2.75) is 75.8 Å². The van der Waals surface area contributed by atoms with Crippen molar-refractivity contribution in [1.82, 2.24) is 9.80 Å². The normalized spacial score (nSPS) is 21.5. The van der Waals surface area contributed by atoms with Crippen LogP contribution in [0.3, 0.4) is 0 Å². The molecule has 3 aromatic rings. The summed E-state index contributed by atoms with van der Waals surface area (Å²) in [5.41, 5.74) is -0.421. The molecule has 2 heterocycles. The number of amidine groups is 1. The number of amides is 2. The molecule has 1 fully saturated rings. The van der Waals surface area contributed by atoms with Crippen LogP contribution in [0.1, 0.15) is 76.5 Å². The first-order chi connectivity index (χ1) is 23.1. The Morgan fingerprint density at radius 1 is 0.918 bits per heavy atom. The van der Waals surface area contributed by atoms with Crippen molar-refractivity contribution in [3.63, 3.8) is 0 Å². The summed E-state index contributed by atoms with van der Waals surface area (Å²) in [5, 5.41) is 1.09. The zero-order valence-corrected chi connectivity index (χ0v) is 31.5. The first kappa shape index (κ1) is 37.2. The maximum Gasteiger partial charge on any atom is 0.326 e. The van der Waals surface area contributed by atoms with Gasteiger partial charge in [-0.05, 0) is 87.4 Å². The first-order valence-corrected chi connectivity index (χ1v) is 19.6. The molecular formula is C37H42Cl3N3O5S. The zero-order valence-electron chi connectivity index (χ0n) is 28.4. The lowest BCUT2D eigenvalue weighted by molar-refractivity contribution is -0.120. The molecule has 2 atom stereocenters. The lowest BCUT2D eigenvalue weighted by Crippen LogP contribution is -2.59. The van der Waals surface area contributed by atoms with Crippen LogP contribution < -0.4 is 4.74 Å². The van der Waals surface area contributed by atoms with E-state index < -0.39 is 20.9 Å². The van der Waals surface area contributed by atoms with Gasteiger partial charge < -0.3 is 9.64 Å². The Hall–Kier alpha value is -3.11. The number of aliphatic imine (C=N–C) groups is 1. The molecule has 0 aliphatic carbocycles. The maximum atomic E-state index is 15.1. The number of carbonyl (C=O) groups is 2. The lowest BCUT2D eigenvalue weighted by Gasteiger charge is -2.47. The quantitative estimate of drug-likeness (QED) is 0.207. The van der Waals surface area contributed by atoms with E-state index in [2.05, 4.69) is 0 Å². The largest absolute Gasteiger partial charge is 0.493 e. The molecule has 0 N–H and O–H groups in total. The van der Waals surface area contributed by atoms with Gasteiger partial charge in [-0.15, -0.1) is 0 Å². The highest BCUT2D eigenvalue weighted by Gasteiger charge is 2.60. The molecule has 0 aromatic heterocycles. The molecule has 0 bridgehead atoms. The fraction of sp³-hybridized carbons (Fsp3) is 0.432. The predicted molar refractivity (Wildman–Crippen MR) is 196 cm³/mol. The number of nitrogens with zero attached hydrogens (tertiary/aromatic N) is 3. The number of hydrogen-bond acceptors (Lipinski definition) is 6. The number of sulfone groups is 1. The van der Waals surface area contributed by atoms with Gasteiger partial charge in [0.1, 0.15) is 28.4 Å². The molecule has 2 aliphatic rings. The number of piperidine rings is 1. The molecule has 0 radical (unpaired) electrons. The number of ether oxygens (including phenoxy) is 1. The second-order valence-electron chi connectivity index (χ2n) is 13.1. The van der Waals surface area contributed by atoms with Gasteiger partial charge in [0.25, 0.3) is 0 Å². The molecule has 0 unspecified atom stereocenters. The fourth-order valence-electron chi connectivity index (χ4n) is 7.01. The van der Waals surface area contributed by atoms with E-state index >= 15 is 4.79 Å². The van der Waals surface area contributed by atoms with Crippen LogP contribution in [0, 0.1) is 5.92 Å². The van der Waals surface area contributed by atoms with Crippen molar-refractivity contribution in [2.24, 2.45) is 10.9 Å². The van der Waals surface area contributed by atoms with E-state index in [4.69, 9.17) is 44.5 Å². The molecule has 12 heteroatoms. The van der Waals surface area contributed by atoms with Crippen LogP contribution in [0.15, 0.2) is 70.6 Å². The number of rotatable bonds is 10. The number of carbonyl (C=O) groups excluding carboxylic acids is 2. The molecule has 5 rings (SSSR count). The van der Waals surface area contributed by atoms with Crippen LogP contribution in [0.25, 0.3) is 0 Å². The second kappa shape index (κ2) is 14.6. The van der Waals surface area contributed by atoms with E-state index in [1.165, 1.54) is 12.1 Å². The Morgan fingerprint density at radius 3 is 2.02 bits per heavy atom. The van der Waals surface area contributed by atoms with Crippen LogP contribution in [0.5, 0.6) is 5.75 Å². The van der Waals surface area contributed by atoms with Crippen molar-refractivity contribution in [3.05, 3.63) is 92.4 Å². The van der Waals surface area contributed by atoms with Crippen LogP contribution in [0.4, 0.5) is 4.79 Å². The predicted octanol–water partition coefficient (Wildman–Crippen LogP) is 8.93. The van der Waals surface area contributed by atoms with E-state index in [9.17, 15) is 13.2 Å². The summed E-state index contributed by atoms with van der Waals surface area (Å²) in [4.78, 5) is 36.3. The Balaban J connectivity index is 1.73. The summed E-state index contributed by atoms with van der Waals surface area (Å²) in [7, 11) is -3.78. The van der Waals surface area contributed by atoms with Crippen LogP contribution in [-0.4, -0.2) is 61.8 Å². The van der Waals surface area contributed by atoms with Crippen LogP contribution in [0.2, 0.25) is 15.1 Å². The molecule has 0 saturated carbocycles. The van der Waals surface area contributed by atoms with Gasteiger partial charge in [-0.2, -0.15) is 0 Å². The van der Waals surface area contributed by atoms with Crippen LogP contribution in [-0.2, 0) is 25.7 Å². The molecule has 2 aliphatic heterocycles. The van der Waals surface area contributed by atoms with Gasteiger partial charge >= 0.3 is 6.03 Å². The van der Waals surface area contributed by atoms with Gasteiger partial charge in [0, 0.05) is 48.3 Å². The van der Waals surface area contributed by atoms with Gasteiger partial charge in [0.15, 0.2) is 9.84 Å². The van der Waals surface area contributed by atoms with Crippen molar-refractivity contribution in [2.75, 3.05) is 26.0 Å². The summed E-state index contributed by atoms with van der Waals surface area (Å²) < 4.78 is 32.0. The Bertz CT molecular complexity index is 1860. The molecule has 1 saturated heterocycles. The number of hydrogen-bond donors (Lipinski definition) is 0. The molecule has 262 valence electrons. The molecule has 3 aromatic carbocycles. The Labute approximate surface area is 304 Å². The smallest absolute Gasteiger partial charge is 0.326 e. The van der Waals surface area contributed by atoms with E-state index in [1.807, 2.05) is 52.0 Å². The molecule has 0 spiro atoms.